The van der Waals surface area contributed by atoms with Gasteiger partial charge in [-0.05, 0) is 66.8 Å². The maximum Gasteiger partial charge on any atom is 0.339 e. The zero-order chi connectivity index (χ0) is 20.7. The van der Waals surface area contributed by atoms with E-state index >= 15 is 0 Å². The van der Waals surface area contributed by atoms with Gasteiger partial charge in [0.1, 0.15) is 23.0 Å². The average molecular weight is 413 g/mol. The van der Waals surface area contributed by atoms with E-state index in [9.17, 15) is 13.5 Å². The minimum atomic E-state index is -3.93. The van der Waals surface area contributed by atoms with E-state index in [1.165, 1.54) is 6.07 Å². The summed E-state index contributed by atoms with van der Waals surface area (Å²) in [5, 5.41) is 9.19. The van der Waals surface area contributed by atoms with Crippen molar-refractivity contribution in [1.82, 2.24) is 0 Å². The zero-order valence-electron chi connectivity index (χ0n) is 16.2. The Hall–Kier alpha value is -2.83. The fourth-order valence-corrected chi connectivity index (χ4v) is 3.92. The minimum Gasteiger partial charge on any atom is -0.489 e. The lowest BCUT2D eigenvalue weighted by molar-refractivity contribution is 0.283. The molecule has 0 aliphatic heterocycles. The van der Waals surface area contributed by atoms with Crippen molar-refractivity contribution in [2.45, 2.75) is 31.3 Å². The van der Waals surface area contributed by atoms with Gasteiger partial charge in [0.2, 0.25) is 0 Å². The molecule has 6 heteroatoms. The number of benzene rings is 3. The average Bonchev–Trinajstić information content (AvgIpc) is 2.72. The zero-order valence-corrected chi connectivity index (χ0v) is 17.1. The van der Waals surface area contributed by atoms with Crippen LogP contribution >= 0.6 is 0 Å². The minimum absolute atomic E-state index is 0.0325. The summed E-state index contributed by atoms with van der Waals surface area (Å²) in [5.74, 6) is 0.856. The Balaban J connectivity index is 1.81. The number of aryl methyl sites for hydroxylation is 2. The molecule has 0 aromatic heterocycles. The summed E-state index contributed by atoms with van der Waals surface area (Å²) < 4.78 is 36.4. The molecule has 0 saturated carbocycles. The van der Waals surface area contributed by atoms with Crippen molar-refractivity contribution in [2.24, 2.45) is 0 Å². The van der Waals surface area contributed by atoms with Gasteiger partial charge in [0.15, 0.2) is 0 Å². The monoisotopic (exact) mass is 412 g/mol. The maximum absolute atomic E-state index is 12.6. The van der Waals surface area contributed by atoms with Crippen LogP contribution in [-0.4, -0.2) is 20.1 Å². The molecule has 0 bridgehead atoms. The molecular weight excluding hydrogens is 388 g/mol. The second-order valence-electron chi connectivity index (χ2n) is 6.72. The van der Waals surface area contributed by atoms with Crippen LogP contribution in [0.5, 0.6) is 11.5 Å². The summed E-state index contributed by atoms with van der Waals surface area (Å²) in [7, 11) is -3.93. The van der Waals surface area contributed by atoms with Crippen LogP contribution in [-0.2, 0) is 23.1 Å². The second kappa shape index (κ2) is 9.58. The van der Waals surface area contributed by atoms with Gasteiger partial charge in [0, 0.05) is 6.61 Å². The van der Waals surface area contributed by atoms with Gasteiger partial charge in [-0.25, -0.2) is 0 Å². The first-order valence-electron chi connectivity index (χ1n) is 9.39. The number of ether oxygens (including phenoxy) is 1. The van der Waals surface area contributed by atoms with E-state index in [0.29, 0.717) is 25.2 Å². The van der Waals surface area contributed by atoms with E-state index in [1.807, 2.05) is 43.3 Å². The number of aliphatic hydroxyl groups excluding tert-OH is 1. The van der Waals surface area contributed by atoms with Crippen molar-refractivity contribution in [1.29, 1.82) is 0 Å². The molecule has 0 radical (unpaired) electrons. The van der Waals surface area contributed by atoms with E-state index < -0.39 is 10.1 Å². The van der Waals surface area contributed by atoms with Crippen LogP contribution in [0.3, 0.4) is 0 Å². The Kier molecular flexibility index (Phi) is 6.90. The Morgan fingerprint density at radius 2 is 1.72 bits per heavy atom. The standard InChI is InChI=1S/C23H24O5S/c1-18-7-5-11-22(15-18)29(25,26)28-21-12-13-23(20(16-21)10-6-14-24)27-17-19-8-3-2-4-9-19/h2-5,7-9,11-13,15-16,24H,6,10,14,17H2,1H3. The molecule has 0 amide bonds. The second-order valence-corrected chi connectivity index (χ2v) is 8.27. The number of rotatable bonds is 9. The van der Waals surface area contributed by atoms with E-state index in [2.05, 4.69) is 0 Å². The van der Waals surface area contributed by atoms with Crippen molar-refractivity contribution in [2.75, 3.05) is 6.61 Å². The summed E-state index contributed by atoms with van der Waals surface area (Å²) in [4.78, 5) is 0.110. The van der Waals surface area contributed by atoms with Crippen molar-refractivity contribution in [3.8, 4) is 11.5 Å². The Morgan fingerprint density at radius 1 is 0.931 bits per heavy atom. The summed E-state index contributed by atoms with van der Waals surface area (Å²) in [6, 6.07) is 21.3. The normalized spacial score (nSPS) is 11.2. The third kappa shape index (κ3) is 5.82. The highest BCUT2D eigenvalue weighted by Crippen LogP contribution is 2.28. The molecule has 3 rings (SSSR count). The van der Waals surface area contributed by atoms with E-state index in [4.69, 9.17) is 8.92 Å². The number of hydrogen-bond acceptors (Lipinski definition) is 5. The van der Waals surface area contributed by atoms with Crippen LogP contribution in [0.1, 0.15) is 23.1 Å². The van der Waals surface area contributed by atoms with Gasteiger partial charge in [-0.1, -0.05) is 42.5 Å². The lowest BCUT2D eigenvalue weighted by atomic mass is 10.1. The third-order valence-electron chi connectivity index (χ3n) is 4.36. The molecule has 3 aromatic rings. The SMILES string of the molecule is Cc1cccc(S(=O)(=O)Oc2ccc(OCc3ccccc3)c(CCCO)c2)c1. The molecule has 0 spiro atoms. The van der Waals surface area contributed by atoms with Crippen LogP contribution in [0.25, 0.3) is 0 Å². The topological polar surface area (TPSA) is 72.8 Å². The first-order chi connectivity index (χ1) is 14.0. The molecule has 0 aliphatic carbocycles. The highest BCUT2D eigenvalue weighted by molar-refractivity contribution is 7.87. The van der Waals surface area contributed by atoms with E-state index in [1.54, 1.807) is 30.3 Å². The van der Waals surface area contributed by atoms with Crippen molar-refractivity contribution in [3.05, 3.63) is 89.5 Å². The molecule has 29 heavy (non-hydrogen) atoms. The van der Waals surface area contributed by atoms with Gasteiger partial charge in [0.05, 0.1) is 0 Å². The molecule has 0 heterocycles. The molecule has 3 aromatic carbocycles. The smallest absolute Gasteiger partial charge is 0.339 e. The Morgan fingerprint density at radius 3 is 2.45 bits per heavy atom. The molecule has 0 saturated heterocycles. The summed E-state index contributed by atoms with van der Waals surface area (Å²) in [6.45, 7) is 2.25. The van der Waals surface area contributed by atoms with E-state index in [-0.39, 0.29) is 17.3 Å². The predicted octanol–water partition coefficient (Wildman–Crippen LogP) is 4.27. The van der Waals surface area contributed by atoms with Crippen LogP contribution < -0.4 is 8.92 Å². The van der Waals surface area contributed by atoms with Crippen molar-refractivity contribution >= 4 is 10.1 Å². The lowest BCUT2D eigenvalue weighted by Crippen LogP contribution is -2.10. The van der Waals surface area contributed by atoms with Gasteiger partial charge in [-0.3, -0.25) is 0 Å². The molecule has 0 unspecified atom stereocenters. The van der Waals surface area contributed by atoms with Gasteiger partial charge in [-0.2, -0.15) is 8.42 Å². The first kappa shape index (κ1) is 20.9. The summed E-state index contributed by atoms with van der Waals surface area (Å²) in [5.41, 5.74) is 2.65. The van der Waals surface area contributed by atoms with Gasteiger partial charge < -0.3 is 14.0 Å². The number of aliphatic hydroxyl groups is 1. The summed E-state index contributed by atoms with van der Waals surface area (Å²) >= 11 is 0. The van der Waals surface area contributed by atoms with Crippen molar-refractivity contribution < 1.29 is 22.4 Å². The van der Waals surface area contributed by atoms with Crippen LogP contribution in [0.2, 0.25) is 0 Å². The largest absolute Gasteiger partial charge is 0.489 e. The third-order valence-corrected chi connectivity index (χ3v) is 5.60. The fourth-order valence-electron chi connectivity index (χ4n) is 2.89. The molecule has 0 aliphatic rings. The molecule has 5 nitrogen and oxygen atoms in total. The number of hydrogen-bond donors (Lipinski definition) is 1. The molecule has 0 fully saturated rings. The highest BCUT2D eigenvalue weighted by Gasteiger charge is 2.18. The fraction of sp³-hybridized carbons (Fsp3) is 0.217. The molecule has 152 valence electrons. The molecular formula is C23H24O5S. The van der Waals surface area contributed by atoms with E-state index in [0.717, 1.165) is 16.7 Å². The lowest BCUT2D eigenvalue weighted by Gasteiger charge is -2.14. The highest BCUT2D eigenvalue weighted by atomic mass is 32.2. The van der Waals surface area contributed by atoms with Gasteiger partial charge in [-0.15, -0.1) is 0 Å². The van der Waals surface area contributed by atoms with Crippen molar-refractivity contribution in [3.63, 3.8) is 0 Å². The van der Waals surface area contributed by atoms with Gasteiger partial charge in [0.25, 0.3) is 0 Å². The van der Waals surface area contributed by atoms with Crippen LogP contribution in [0.4, 0.5) is 0 Å². The summed E-state index contributed by atoms with van der Waals surface area (Å²) in [6.07, 6.45) is 1.08. The van der Waals surface area contributed by atoms with Crippen LogP contribution in [0.15, 0.2) is 77.7 Å². The maximum atomic E-state index is 12.6. The molecule has 1 N–H and O–H groups in total. The predicted molar refractivity (Wildman–Crippen MR) is 112 cm³/mol. The first-order valence-corrected chi connectivity index (χ1v) is 10.8. The quantitative estimate of drug-likeness (QED) is 0.532. The van der Waals surface area contributed by atoms with Crippen LogP contribution in [0, 0.1) is 6.92 Å². The Bertz CT molecular complexity index is 1050. The van der Waals surface area contributed by atoms with Gasteiger partial charge >= 0.3 is 10.1 Å². The molecule has 0 atom stereocenters. The Labute approximate surface area is 171 Å².